The van der Waals surface area contributed by atoms with E-state index >= 15 is 0 Å². The van der Waals surface area contributed by atoms with Crippen LogP contribution in [0.25, 0.3) is 0 Å². The first-order chi connectivity index (χ1) is 12.1. The van der Waals surface area contributed by atoms with Crippen molar-refractivity contribution in [2.45, 2.75) is 12.5 Å². The van der Waals surface area contributed by atoms with Gasteiger partial charge in [0.2, 0.25) is 0 Å². The third kappa shape index (κ3) is 2.91. The molecular weight excluding hydrogens is 339 g/mol. The molecule has 2 aromatic carbocycles. The maximum atomic E-state index is 13.5. The lowest BCUT2D eigenvalue weighted by molar-refractivity contribution is 0.0977. The molecule has 6 heteroatoms. The van der Waals surface area contributed by atoms with Gasteiger partial charge in [0.15, 0.2) is 5.17 Å². The Balaban J connectivity index is 1.65. The summed E-state index contributed by atoms with van der Waals surface area (Å²) >= 11 is 1.51. The van der Waals surface area contributed by atoms with Gasteiger partial charge in [-0.25, -0.2) is 4.39 Å². The molecule has 2 atom stereocenters. The van der Waals surface area contributed by atoms with Crippen LogP contribution in [0, 0.1) is 11.7 Å². The molecule has 4 nitrogen and oxygen atoms in total. The highest BCUT2D eigenvalue weighted by molar-refractivity contribution is 8.13. The van der Waals surface area contributed by atoms with Crippen LogP contribution in [0.2, 0.25) is 0 Å². The molecule has 0 radical (unpaired) electrons. The molecule has 0 unspecified atom stereocenters. The SMILES string of the molecule is C[C@]12N=C(NC(=O)c3ccccc3)SC[C@H]1COc1cc(F)ccc12. The Labute approximate surface area is 149 Å². The first-order valence-corrected chi connectivity index (χ1v) is 9.07. The van der Waals surface area contributed by atoms with E-state index in [4.69, 9.17) is 9.73 Å². The molecule has 128 valence electrons. The summed E-state index contributed by atoms with van der Waals surface area (Å²) in [4.78, 5) is 17.2. The van der Waals surface area contributed by atoms with Crippen molar-refractivity contribution in [2.75, 3.05) is 12.4 Å². The van der Waals surface area contributed by atoms with E-state index in [2.05, 4.69) is 5.32 Å². The van der Waals surface area contributed by atoms with Crippen molar-refractivity contribution < 1.29 is 13.9 Å². The van der Waals surface area contributed by atoms with E-state index in [0.717, 1.165) is 11.3 Å². The Kier molecular flexibility index (Phi) is 4.00. The van der Waals surface area contributed by atoms with E-state index in [1.807, 2.05) is 25.1 Å². The first-order valence-electron chi connectivity index (χ1n) is 8.08. The summed E-state index contributed by atoms with van der Waals surface area (Å²) in [6, 6.07) is 13.6. The average Bonchev–Trinajstić information content (AvgIpc) is 2.61. The molecule has 4 rings (SSSR count). The zero-order valence-electron chi connectivity index (χ0n) is 13.7. The molecule has 1 amide bonds. The van der Waals surface area contributed by atoms with Crippen LogP contribution in [0.3, 0.4) is 0 Å². The highest BCUT2D eigenvalue weighted by atomic mass is 32.2. The van der Waals surface area contributed by atoms with Crippen LogP contribution in [0.4, 0.5) is 4.39 Å². The van der Waals surface area contributed by atoms with Crippen LogP contribution in [0.1, 0.15) is 22.8 Å². The van der Waals surface area contributed by atoms with E-state index in [0.29, 0.717) is 23.1 Å². The second-order valence-corrected chi connectivity index (χ2v) is 7.35. The zero-order valence-corrected chi connectivity index (χ0v) is 14.5. The topological polar surface area (TPSA) is 50.7 Å². The highest BCUT2D eigenvalue weighted by Crippen LogP contribution is 2.47. The summed E-state index contributed by atoms with van der Waals surface area (Å²) in [5.41, 5.74) is 0.913. The number of benzene rings is 2. The van der Waals surface area contributed by atoms with Crippen LogP contribution in [0.15, 0.2) is 53.5 Å². The summed E-state index contributed by atoms with van der Waals surface area (Å²) in [6.07, 6.45) is 0. The van der Waals surface area contributed by atoms with E-state index in [1.54, 1.807) is 18.2 Å². The van der Waals surface area contributed by atoms with Gasteiger partial charge in [-0.3, -0.25) is 9.79 Å². The predicted molar refractivity (Wildman–Crippen MR) is 96.5 cm³/mol. The number of nitrogens with one attached hydrogen (secondary N) is 1. The van der Waals surface area contributed by atoms with Crippen LogP contribution in [-0.4, -0.2) is 23.4 Å². The molecule has 2 heterocycles. The molecule has 0 fully saturated rings. The average molecular weight is 356 g/mol. The van der Waals surface area contributed by atoms with Gasteiger partial charge in [-0.15, -0.1) is 0 Å². The number of rotatable bonds is 1. The number of amidine groups is 1. The van der Waals surface area contributed by atoms with Gasteiger partial charge in [0.25, 0.3) is 5.91 Å². The van der Waals surface area contributed by atoms with Gasteiger partial charge in [-0.1, -0.05) is 30.0 Å². The van der Waals surface area contributed by atoms with Crippen molar-refractivity contribution in [1.82, 2.24) is 5.32 Å². The number of ether oxygens (including phenoxy) is 1. The summed E-state index contributed by atoms with van der Waals surface area (Å²) < 4.78 is 19.2. The highest BCUT2D eigenvalue weighted by Gasteiger charge is 2.44. The van der Waals surface area contributed by atoms with E-state index in [-0.39, 0.29) is 17.6 Å². The number of carbonyl (C=O) groups is 1. The van der Waals surface area contributed by atoms with Crippen molar-refractivity contribution in [3.8, 4) is 5.75 Å². The Morgan fingerprint density at radius 1 is 1.32 bits per heavy atom. The van der Waals surface area contributed by atoms with Crippen molar-refractivity contribution in [3.05, 3.63) is 65.5 Å². The van der Waals surface area contributed by atoms with Gasteiger partial charge in [-0.2, -0.15) is 0 Å². The van der Waals surface area contributed by atoms with Crippen LogP contribution in [-0.2, 0) is 5.54 Å². The number of carbonyl (C=O) groups excluding carboxylic acids is 1. The second kappa shape index (κ2) is 6.19. The van der Waals surface area contributed by atoms with Gasteiger partial charge in [0.1, 0.15) is 11.6 Å². The van der Waals surface area contributed by atoms with Gasteiger partial charge in [0, 0.05) is 28.9 Å². The van der Waals surface area contributed by atoms with Gasteiger partial charge in [-0.05, 0) is 31.2 Å². The lowest BCUT2D eigenvalue weighted by Crippen LogP contribution is -2.45. The maximum Gasteiger partial charge on any atom is 0.257 e. The van der Waals surface area contributed by atoms with Crippen molar-refractivity contribution in [1.29, 1.82) is 0 Å². The van der Waals surface area contributed by atoms with E-state index in [1.165, 1.54) is 23.9 Å². The van der Waals surface area contributed by atoms with Crippen LogP contribution in [0.5, 0.6) is 5.75 Å². The number of amides is 1. The first kappa shape index (κ1) is 16.1. The Hall–Kier alpha value is -2.34. The second-order valence-electron chi connectivity index (χ2n) is 6.34. The summed E-state index contributed by atoms with van der Waals surface area (Å²) in [5.74, 6) is 0.977. The zero-order chi connectivity index (χ0) is 17.4. The number of hydrogen-bond donors (Lipinski definition) is 1. The number of aliphatic imine (C=N–C) groups is 1. The maximum absolute atomic E-state index is 13.5. The molecule has 0 aromatic heterocycles. The van der Waals surface area contributed by atoms with Crippen molar-refractivity contribution >= 4 is 22.8 Å². The fourth-order valence-electron chi connectivity index (χ4n) is 3.21. The minimum atomic E-state index is -0.536. The Bertz CT molecular complexity index is 856. The molecule has 2 aliphatic rings. The molecule has 1 N–H and O–H groups in total. The molecule has 0 bridgehead atoms. The van der Waals surface area contributed by atoms with Gasteiger partial charge >= 0.3 is 0 Å². The fourth-order valence-corrected chi connectivity index (χ4v) is 4.41. The summed E-state index contributed by atoms with van der Waals surface area (Å²) in [6.45, 7) is 2.51. The number of hydrogen-bond acceptors (Lipinski definition) is 4. The Morgan fingerprint density at radius 2 is 2.12 bits per heavy atom. The van der Waals surface area contributed by atoms with E-state index in [9.17, 15) is 9.18 Å². The molecule has 2 aromatic rings. The smallest absolute Gasteiger partial charge is 0.257 e. The molecule has 25 heavy (non-hydrogen) atoms. The quantitative estimate of drug-likeness (QED) is 0.850. The fraction of sp³-hybridized carbons (Fsp3) is 0.263. The van der Waals surface area contributed by atoms with Crippen molar-refractivity contribution in [3.63, 3.8) is 0 Å². The molecule has 0 saturated heterocycles. The molecule has 0 aliphatic carbocycles. The Morgan fingerprint density at radius 3 is 2.92 bits per heavy atom. The molecule has 2 aliphatic heterocycles. The monoisotopic (exact) mass is 356 g/mol. The number of fused-ring (bicyclic) bond motifs is 3. The lowest BCUT2D eigenvalue weighted by atomic mass is 9.79. The standard InChI is InChI=1S/C19H17FN2O2S/c1-19-13(10-24-16-9-14(20)7-8-15(16)19)11-25-18(22-19)21-17(23)12-5-3-2-4-6-12/h2-9,13H,10-11H2,1H3,(H,21,22,23)/t13-,19+/m1/s1. The minimum absolute atomic E-state index is 0.174. The number of thioether (sulfide) groups is 1. The van der Waals surface area contributed by atoms with Crippen LogP contribution < -0.4 is 10.1 Å². The largest absolute Gasteiger partial charge is 0.493 e. The predicted octanol–water partition coefficient (Wildman–Crippen LogP) is 3.58. The molecular formula is C19H17FN2O2S. The van der Waals surface area contributed by atoms with E-state index < -0.39 is 5.54 Å². The van der Waals surface area contributed by atoms with Gasteiger partial charge < -0.3 is 10.1 Å². The molecule has 0 saturated carbocycles. The number of halogens is 1. The number of nitrogens with zero attached hydrogens (tertiary/aromatic N) is 1. The van der Waals surface area contributed by atoms with Crippen molar-refractivity contribution in [2.24, 2.45) is 10.9 Å². The minimum Gasteiger partial charge on any atom is -0.493 e. The normalized spacial score (nSPS) is 24.4. The molecule has 0 spiro atoms. The summed E-state index contributed by atoms with van der Waals surface area (Å²) in [5, 5.41) is 3.48. The third-order valence-corrected chi connectivity index (χ3v) is 5.77. The van der Waals surface area contributed by atoms with Gasteiger partial charge in [0.05, 0.1) is 12.1 Å². The third-order valence-electron chi connectivity index (χ3n) is 4.74. The lowest BCUT2D eigenvalue weighted by Gasteiger charge is -2.42. The van der Waals surface area contributed by atoms with Crippen LogP contribution >= 0.6 is 11.8 Å². The summed E-state index contributed by atoms with van der Waals surface area (Å²) in [7, 11) is 0.